The second-order valence-corrected chi connectivity index (χ2v) is 8.87. The van der Waals surface area contributed by atoms with Gasteiger partial charge in [0, 0.05) is 16.8 Å². The maximum Gasteiger partial charge on any atom is 0.282 e. The van der Waals surface area contributed by atoms with Crippen molar-refractivity contribution in [3.05, 3.63) is 17.0 Å². The number of fused-ring (bicyclic) bond motifs is 1. The molecule has 0 saturated heterocycles. The van der Waals surface area contributed by atoms with Crippen molar-refractivity contribution in [1.82, 2.24) is 15.1 Å². The van der Waals surface area contributed by atoms with Crippen LogP contribution >= 0.6 is 0 Å². The molecule has 6 rings (SSSR count). The van der Waals surface area contributed by atoms with Crippen LogP contribution in [-0.2, 0) is 24.2 Å². The van der Waals surface area contributed by atoms with Crippen LogP contribution in [0, 0.1) is 17.8 Å². The first-order chi connectivity index (χ1) is 12.0. The first kappa shape index (κ1) is 15.8. The van der Waals surface area contributed by atoms with Gasteiger partial charge in [0.25, 0.3) is 6.43 Å². The van der Waals surface area contributed by atoms with Crippen molar-refractivity contribution < 1.29 is 13.6 Å². The van der Waals surface area contributed by atoms with E-state index in [1.807, 2.05) is 0 Å². The number of aromatic nitrogens is 2. The monoisotopic (exact) mass is 349 g/mol. The lowest BCUT2D eigenvalue weighted by atomic mass is 9.53. The normalized spacial score (nSPS) is 35.4. The molecule has 0 spiro atoms. The number of halogens is 2. The third kappa shape index (κ3) is 2.59. The highest BCUT2D eigenvalue weighted by Crippen LogP contribution is 2.55. The van der Waals surface area contributed by atoms with Crippen LogP contribution in [0.1, 0.15) is 68.3 Å². The molecule has 0 atom stereocenters. The fraction of sp³-hybridized carbons (Fsp3) is 0.789. The lowest BCUT2D eigenvalue weighted by molar-refractivity contribution is -0.127. The van der Waals surface area contributed by atoms with Gasteiger partial charge in [-0.1, -0.05) is 0 Å². The molecule has 25 heavy (non-hydrogen) atoms. The zero-order valence-corrected chi connectivity index (χ0v) is 14.4. The third-order valence-electron chi connectivity index (χ3n) is 6.98. The molecule has 1 aromatic rings. The lowest BCUT2D eigenvalue weighted by Crippen LogP contribution is -2.60. The van der Waals surface area contributed by atoms with E-state index < -0.39 is 6.43 Å². The van der Waals surface area contributed by atoms with Crippen molar-refractivity contribution in [2.75, 3.05) is 0 Å². The van der Waals surface area contributed by atoms with Crippen molar-refractivity contribution in [3.63, 3.8) is 0 Å². The van der Waals surface area contributed by atoms with Crippen LogP contribution in [0.15, 0.2) is 0 Å². The van der Waals surface area contributed by atoms with E-state index in [-0.39, 0.29) is 23.7 Å². The average molecular weight is 349 g/mol. The number of amides is 1. The van der Waals surface area contributed by atoms with Gasteiger partial charge in [-0.2, -0.15) is 5.10 Å². The summed E-state index contributed by atoms with van der Waals surface area (Å²) in [4.78, 5) is 12.7. The van der Waals surface area contributed by atoms with Crippen LogP contribution in [0.5, 0.6) is 0 Å². The molecule has 1 aromatic heterocycles. The van der Waals surface area contributed by atoms with Gasteiger partial charge in [0.15, 0.2) is 0 Å². The standard InChI is InChI=1S/C19H25F2N3O/c20-18(21)17-14-2-1-3-15(14)24(23-17)10-16(25)22-19-7-11-4-12(8-19)6-13(5-11)9-19/h11-13,18H,1-10H2,(H,22,25). The molecule has 0 aromatic carbocycles. The number of rotatable bonds is 4. The number of hydrogen-bond donors (Lipinski definition) is 1. The van der Waals surface area contributed by atoms with E-state index in [9.17, 15) is 13.6 Å². The molecule has 5 aliphatic carbocycles. The van der Waals surface area contributed by atoms with Gasteiger partial charge in [-0.25, -0.2) is 8.78 Å². The topological polar surface area (TPSA) is 46.9 Å². The van der Waals surface area contributed by atoms with E-state index in [0.717, 1.165) is 55.6 Å². The number of alkyl halides is 2. The summed E-state index contributed by atoms with van der Waals surface area (Å²) in [6.45, 7) is 0.0802. The van der Waals surface area contributed by atoms with Crippen molar-refractivity contribution in [1.29, 1.82) is 0 Å². The van der Waals surface area contributed by atoms with Crippen molar-refractivity contribution in [2.45, 2.75) is 76.3 Å². The highest BCUT2D eigenvalue weighted by molar-refractivity contribution is 5.76. The molecule has 4 saturated carbocycles. The zero-order valence-electron chi connectivity index (χ0n) is 14.4. The van der Waals surface area contributed by atoms with Gasteiger partial charge in [-0.3, -0.25) is 9.48 Å². The molecular weight excluding hydrogens is 324 g/mol. The Morgan fingerprint density at radius 2 is 1.80 bits per heavy atom. The highest BCUT2D eigenvalue weighted by atomic mass is 19.3. The predicted octanol–water partition coefficient (Wildman–Crippen LogP) is 3.39. The van der Waals surface area contributed by atoms with Crippen molar-refractivity contribution in [3.8, 4) is 0 Å². The van der Waals surface area contributed by atoms with Crippen LogP contribution in [0.4, 0.5) is 8.78 Å². The summed E-state index contributed by atoms with van der Waals surface area (Å²) in [5.74, 6) is 2.25. The van der Waals surface area contributed by atoms with Gasteiger partial charge < -0.3 is 5.32 Å². The molecule has 1 heterocycles. The zero-order chi connectivity index (χ0) is 17.2. The Morgan fingerprint density at radius 1 is 1.16 bits per heavy atom. The van der Waals surface area contributed by atoms with Crippen LogP contribution in [0.25, 0.3) is 0 Å². The van der Waals surface area contributed by atoms with Gasteiger partial charge in [-0.05, 0) is 75.5 Å². The molecule has 4 nitrogen and oxygen atoms in total. The average Bonchev–Trinajstić information content (AvgIpc) is 3.08. The summed E-state index contributed by atoms with van der Waals surface area (Å²) in [7, 11) is 0. The second-order valence-electron chi connectivity index (χ2n) is 8.87. The Kier molecular flexibility index (Phi) is 3.48. The minimum Gasteiger partial charge on any atom is -0.349 e. The molecule has 6 heteroatoms. The van der Waals surface area contributed by atoms with E-state index in [1.54, 1.807) is 4.68 Å². The first-order valence-electron chi connectivity index (χ1n) is 9.69. The second kappa shape index (κ2) is 5.52. The number of nitrogens with one attached hydrogen (secondary N) is 1. The van der Waals surface area contributed by atoms with Crippen LogP contribution in [0.3, 0.4) is 0 Å². The minimum absolute atomic E-state index is 0.0340. The summed E-state index contributed by atoms with van der Waals surface area (Å²) in [6.07, 6.45) is 7.03. The number of hydrogen-bond acceptors (Lipinski definition) is 2. The number of carbonyl (C=O) groups excluding carboxylic acids is 1. The molecular formula is C19H25F2N3O. The van der Waals surface area contributed by atoms with Gasteiger partial charge in [-0.15, -0.1) is 0 Å². The Labute approximate surface area is 146 Å². The van der Waals surface area contributed by atoms with Gasteiger partial charge in [0.2, 0.25) is 5.91 Å². The van der Waals surface area contributed by atoms with Crippen LogP contribution in [0.2, 0.25) is 0 Å². The smallest absolute Gasteiger partial charge is 0.282 e. The number of nitrogens with zero attached hydrogens (tertiary/aromatic N) is 2. The van der Waals surface area contributed by atoms with Crippen molar-refractivity contribution in [2.24, 2.45) is 17.8 Å². The predicted molar refractivity (Wildman–Crippen MR) is 88.3 cm³/mol. The van der Waals surface area contributed by atoms with Gasteiger partial charge >= 0.3 is 0 Å². The molecule has 4 fully saturated rings. The summed E-state index contributed by atoms with van der Waals surface area (Å²) in [5.41, 5.74) is 1.37. The van der Waals surface area contributed by atoms with Crippen LogP contribution in [-0.4, -0.2) is 21.2 Å². The lowest BCUT2D eigenvalue weighted by Gasteiger charge is -2.56. The van der Waals surface area contributed by atoms with Crippen LogP contribution < -0.4 is 5.32 Å². The van der Waals surface area contributed by atoms with Gasteiger partial charge in [0.05, 0.1) is 0 Å². The third-order valence-corrected chi connectivity index (χ3v) is 6.98. The maximum absolute atomic E-state index is 13.2. The summed E-state index contributed by atoms with van der Waals surface area (Å²) in [6, 6.07) is 0. The fourth-order valence-electron chi connectivity index (χ4n) is 6.58. The Morgan fingerprint density at radius 3 is 2.40 bits per heavy atom. The maximum atomic E-state index is 13.2. The molecule has 0 unspecified atom stereocenters. The Hall–Kier alpha value is -1.46. The van der Waals surface area contributed by atoms with Gasteiger partial charge in [0.1, 0.15) is 12.2 Å². The summed E-state index contributed by atoms with van der Waals surface area (Å²) >= 11 is 0. The number of carbonyl (C=O) groups is 1. The molecule has 1 amide bonds. The summed E-state index contributed by atoms with van der Waals surface area (Å²) < 4.78 is 27.9. The molecule has 0 aliphatic heterocycles. The fourth-order valence-corrected chi connectivity index (χ4v) is 6.58. The SMILES string of the molecule is O=C(Cn1nc(C(F)F)c2c1CCC2)NC12CC3CC(CC(C3)C1)C2. The first-order valence-corrected chi connectivity index (χ1v) is 9.69. The quantitative estimate of drug-likeness (QED) is 0.906. The highest BCUT2D eigenvalue weighted by Gasteiger charge is 2.51. The molecule has 0 radical (unpaired) electrons. The molecule has 4 bridgehead atoms. The molecule has 1 N–H and O–H groups in total. The molecule has 136 valence electrons. The van der Waals surface area contributed by atoms with E-state index in [4.69, 9.17) is 0 Å². The molecule has 5 aliphatic rings. The van der Waals surface area contributed by atoms with E-state index in [1.165, 1.54) is 19.3 Å². The Bertz CT molecular complexity index is 676. The Balaban J connectivity index is 1.33. The minimum atomic E-state index is -2.56. The summed E-state index contributed by atoms with van der Waals surface area (Å²) in [5, 5.41) is 7.39. The largest absolute Gasteiger partial charge is 0.349 e. The van der Waals surface area contributed by atoms with E-state index in [2.05, 4.69) is 10.4 Å². The van der Waals surface area contributed by atoms with Crippen molar-refractivity contribution >= 4 is 5.91 Å². The van der Waals surface area contributed by atoms with E-state index >= 15 is 0 Å². The van der Waals surface area contributed by atoms with E-state index in [0.29, 0.717) is 12.0 Å².